The molecule has 0 heterocycles. The van der Waals surface area contributed by atoms with Gasteiger partial charge in [0.1, 0.15) is 0 Å². The highest BCUT2D eigenvalue weighted by molar-refractivity contribution is 7.83. The first-order valence-electron chi connectivity index (χ1n) is 4.81. The molecule has 2 fully saturated rings. The minimum atomic E-state index is -4.17. The maximum atomic E-state index is 8.97. The molecule has 0 saturated heterocycles. The Balaban J connectivity index is 0.000000171. The molecule has 3 N–H and O–H groups in total. The highest BCUT2D eigenvalue weighted by atomic mass is 32.2. The molecule has 0 aromatic carbocycles. The number of nitrogens with two attached hydrogens (primary N) is 1. The lowest BCUT2D eigenvalue weighted by molar-refractivity contribution is -0.184. The number of fused-ring (bicyclic) bond motifs is 1. The lowest BCUT2D eigenvalue weighted by Crippen LogP contribution is -2.59. The zero-order chi connectivity index (χ0) is 11.2. The van der Waals surface area contributed by atoms with Crippen LogP contribution in [0.3, 0.4) is 0 Å². The van der Waals surface area contributed by atoms with E-state index in [0.29, 0.717) is 5.41 Å². The van der Waals surface area contributed by atoms with Crippen LogP contribution in [-0.2, 0) is 10.3 Å². The number of hydrogen-bond acceptors (Lipinski definition) is 2. The largest absolute Gasteiger partial charge is 0.330 e. The molecule has 0 amide bonds. The molecule has 5 heteroatoms. The van der Waals surface area contributed by atoms with Crippen molar-refractivity contribution in [1.82, 2.24) is 0 Å². The smallest absolute Gasteiger partial charge is 0.274 e. The molecule has 0 aliphatic heterocycles. The van der Waals surface area contributed by atoms with Gasteiger partial charge >= 0.3 is 10.3 Å². The van der Waals surface area contributed by atoms with E-state index in [1.165, 1.54) is 19.3 Å². The van der Waals surface area contributed by atoms with Crippen molar-refractivity contribution in [3.05, 3.63) is 0 Å². The molecular weight excluding hydrogens is 202 g/mol. The summed E-state index contributed by atoms with van der Waals surface area (Å²) in [6.45, 7) is 7.30. The summed E-state index contributed by atoms with van der Waals surface area (Å²) >= 11 is 0. The Morgan fingerprint density at radius 2 is 1.79 bits per heavy atom. The second kappa shape index (κ2) is 3.18. The average molecular weight is 221 g/mol. The summed E-state index contributed by atoms with van der Waals surface area (Å²) in [5.41, 5.74) is 1.43. The SMILES string of the molecule is CC1(C)CC2CCC21C.NS(=O)(=O)O. The Kier molecular flexibility index (Phi) is 2.71. The van der Waals surface area contributed by atoms with Gasteiger partial charge in [0.15, 0.2) is 0 Å². The molecule has 0 spiro atoms. The first-order chi connectivity index (χ1) is 6.06. The third-order valence-corrected chi connectivity index (χ3v) is 4.22. The van der Waals surface area contributed by atoms with Gasteiger partial charge in [-0.1, -0.05) is 20.8 Å². The van der Waals surface area contributed by atoms with Gasteiger partial charge < -0.3 is 0 Å². The van der Waals surface area contributed by atoms with Crippen molar-refractivity contribution in [2.24, 2.45) is 21.9 Å². The minimum Gasteiger partial charge on any atom is -0.274 e. The molecule has 0 aromatic heterocycles. The van der Waals surface area contributed by atoms with Gasteiger partial charge in [-0.05, 0) is 36.0 Å². The van der Waals surface area contributed by atoms with Crippen molar-refractivity contribution in [1.29, 1.82) is 0 Å². The van der Waals surface area contributed by atoms with Crippen LogP contribution in [-0.4, -0.2) is 13.0 Å². The first kappa shape index (κ1) is 11.9. The van der Waals surface area contributed by atoms with E-state index in [2.05, 4.69) is 25.9 Å². The van der Waals surface area contributed by atoms with E-state index in [4.69, 9.17) is 13.0 Å². The van der Waals surface area contributed by atoms with Gasteiger partial charge in [0, 0.05) is 0 Å². The lowest BCUT2D eigenvalue weighted by atomic mass is 9.37. The second-order valence-electron chi connectivity index (χ2n) is 5.26. The van der Waals surface area contributed by atoms with Crippen LogP contribution in [0.1, 0.15) is 40.0 Å². The molecular formula is C9H19NO3S. The van der Waals surface area contributed by atoms with Crippen LogP contribution in [0.5, 0.6) is 0 Å². The summed E-state index contributed by atoms with van der Waals surface area (Å²) in [4.78, 5) is 0. The third kappa shape index (κ3) is 2.10. The maximum absolute atomic E-state index is 8.97. The van der Waals surface area contributed by atoms with Crippen molar-refractivity contribution in [2.45, 2.75) is 40.0 Å². The van der Waals surface area contributed by atoms with E-state index < -0.39 is 10.3 Å². The number of rotatable bonds is 0. The Hall–Kier alpha value is -0.130. The van der Waals surface area contributed by atoms with Crippen LogP contribution in [0.15, 0.2) is 0 Å². The van der Waals surface area contributed by atoms with E-state index in [1.54, 1.807) is 0 Å². The van der Waals surface area contributed by atoms with Gasteiger partial charge in [-0.2, -0.15) is 8.42 Å². The standard InChI is InChI=1S/C9H16.H3NO3S/c1-8(2)6-7-4-5-9(7,8)3;1-5(2,3)4/h7H,4-6H2,1-3H3;(H3,1,2,3,4). The van der Waals surface area contributed by atoms with Gasteiger partial charge in [0.25, 0.3) is 0 Å². The molecule has 2 unspecified atom stereocenters. The highest BCUT2D eigenvalue weighted by Crippen LogP contribution is 2.70. The van der Waals surface area contributed by atoms with Gasteiger partial charge in [-0.15, -0.1) is 0 Å². The summed E-state index contributed by atoms with van der Waals surface area (Å²) in [5, 5.41) is 3.88. The molecule has 0 bridgehead atoms. The minimum absolute atomic E-state index is 0.677. The number of hydrogen-bond donors (Lipinski definition) is 2. The van der Waals surface area contributed by atoms with Gasteiger partial charge in [0.05, 0.1) is 0 Å². The van der Waals surface area contributed by atoms with E-state index in [-0.39, 0.29) is 0 Å². The van der Waals surface area contributed by atoms with Crippen LogP contribution in [0, 0.1) is 16.7 Å². The third-order valence-electron chi connectivity index (χ3n) is 4.22. The van der Waals surface area contributed by atoms with Crippen LogP contribution < -0.4 is 5.14 Å². The van der Waals surface area contributed by atoms with Gasteiger partial charge in [-0.25, -0.2) is 5.14 Å². The molecule has 2 rings (SSSR count). The molecule has 2 saturated carbocycles. The van der Waals surface area contributed by atoms with Crippen molar-refractivity contribution >= 4 is 10.3 Å². The molecule has 84 valence electrons. The zero-order valence-electron chi connectivity index (χ0n) is 8.95. The van der Waals surface area contributed by atoms with Crippen LogP contribution in [0.4, 0.5) is 0 Å². The normalized spacial score (nSPS) is 38.2. The van der Waals surface area contributed by atoms with Crippen molar-refractivity contribution in [3.8, 4) is 0 Å². The Bertz CT molecular complexity index is 315. The average Bonchev–Trinajstić information content (AvgIpc) is 1.94. The zero-order valence-corrected chi connectivity index (χ0v) is 9.76. The first-order valence-corrected chi connectivity index (χ1v) is 6.32. The second-order valence-corrected chi connectivity index (χ2v) is 6.29. The highest BCUT2D eigenvalue weighted by Gasteiger charge is 2.61. The van der Waals surface area contributed by atoms with Crippen LogP contribution in [0.25, 0.3) is 0 Å². The van der Waals surface area contributed by atoms with E-state index in [1.807, 2.05) is 0 Å². The summed E-state index contributed by atoms with van der Waals surface area (Å²) in [6.07, 6.45) is 4.49. The Morgan fingerprint density at radius 3 is 1.79 bits per heavy atom. The summed E-state index contributed by atoms with van der Waals surface area (Å²) in [5.74, 6) is 1.10. The predicted octanol–water partition coefficient (Wildman–Crippen LogP) is 1.58. The van der Waals surface area contributed by atoms with E-state index in [9.17, 15) is 0 Å². The Labute approximate surface area is 85.8 Å². The maximum Gasteiger partial charge on any atom is 0.330 e. The fraction of sp³-hybridized carbons (Fsp3) is 1.00. The fourth-order valence-corrected chi connectivity index (χ4v) is 2.72. The lowest BCUT2D eigenvalue weighted by Gasteiger charge is -2.68. The monoisotopic (exact) mass is 221 g/mol. The topological polar surface area (TPSA) is 80.4 Å². The van der Waals surface area contributed by atoms with E-state index >= 15 is 0 Å². The van der Waals surface area contributed by atoms with Crippen LogP contribution in [0.2, 0.25) is 0 Å². The van der Waals surface area contributed by atoms with Crippen molar-refractivity contribution in [2.75, 3.05) is 0 Å². The van der Waals surface area contributed by atoms with Gasteiger partial charge in [-0.3, -0.25) is 4.55 Å². The van der Waals surface area contributed by atoms with Gasteiger partial charge in [0.2, 0.25) is 0 Å². The fourth-order valence-electron chi connectivity index (χ4n) is 2.72. The molecule has 2 aliphatic rings. The quantitative estimate of drug-likeness (QED) is 0.609. The Morgan fingerprint density at radius 1 is 1.36 bits per heavy atom. The van der Waals surface area contributed by atoms with Crippen molar-refractivity contribution in [3.63, 3.8) is 0 Å². The molecule has 0 aromatic rings. The molecule has 0 radical (unpaired) electrons. The molecule has 4 nitrogen and oxygen atoms in total. The van der Waals surface area contributed by atoms with Crippen molar-refractivity contribution < 1.29 is 13.0 Å². The summed E-state index contributed by atoms with van der Waals surface area (Å²) in [6, 6.07) is 0. The molecule has 2 aliphatic carbocycles. The molecule has 14 heavy (non-hydrogen) atoms. The predicted molar refractivity (Wildman–Crippen MR) is 55.0 cm³/mol. The van der Waals surface area contributed by atoms with Crippen LogP contribution >= 0.6 is 0 Å². The summed E-state index contributed by atoms with van der Waals surface area (Å²) < 4.78 is 25.2. The van der Waals surface area contributed by atoms with E-state index in [0.717, 1.165) is 11.3 Å². The molecule has 2 atom stereocenters. The summed E-state index contributed by atoms with van der Waals surface area (Å²) in [7, 11) is -4.17.